The van der Waals surface area contributed by atoms with Crippen LogP contribution in [-0.2, 0) is 17.8 Å². The van der Waals surface area contributed by atoms with Crippen LogP contribution in [0.15, 0.2) is 41.1 Å². The van der Waals surface area contributed by atoms with Gasteiger partial charge in [0.05, 0.1) is 28.0 Å². The van der Waals surface area contributed by atoms with Crippen molar-refractivity contribution in [2.45, 2.75) is 26.8 Å². The van der Waals surface area contributed by atoms with Crippen LogP contribution < -0.4 is 16.2 Å². The van der Waals surface area contributed by atoms with E-state index in [9.17, 15) is 14.4 Å². The minimum atomic E-state index is -0.439. The lowest BCUT2D eigenvalue weighted by atomic mass is 10.2. The van der Waals surface area contributed by atoms with E-state index in [-0.39, 0.29) is 12.3 Å². The van der Waals surface area contributed by atoms with Crippen molar-refractivity contribution in [3.63, 3.8) is 0 Å². The average molecular weight is 469 g/mol. The standard InChI is InChI=1S/C21H20N6O3S2/c1-3-27-12(2)22-15-9-13(6-7-16(15)27)19(29)26-25-18(28)10-14-11-32-21(23-14)24-20(30)17-5-4-8-31-17/h4-9,11H,3,10H2,1-2H3,(H,25,28)(H,26,29)(H,23,24,30). The second kappa shape index (κ2) is 9.28. The molecule has 3 aromatic heterocycles. The number of rotatable bonds is 6. The van der Waals surface area contributed by atoms with E-state index < -0.39 is 11.8 Å². The predicted molar refractivity (Wildman–Crippen MR) is 124 cm³/mol. The molecule has 32 heavy (non-hydrogen) atoms. The zero-order chi connectivity index (χ0) is 22.7. The molecule has 164 valence electrons. The number of hydrogen-bond donors (Lipinski definition) is 3. The third-order valence-corrected chi connectivity index (χ3v) is 6.37. The van der Waals surface area contributed by atoms with Gasteiger partial charge in [-0.05, 0) is 43.5 Å². The maximum atomic E-state index is 12.4. The number of carbonyl (C=O) groups excluding carboxylic acids is 3. The number of hydrazine groups is 1. The molecule has 0 aliphatic carbocycles. The van der Waals surface area contributed by atoms with Crippen molar-refractivity contribution >= 4 is 56.6 Å². The molecule has 0 fully saturated rings. The first-order valence-electron chi connectivity index (χ1n) is 9.80. The van der Waals surface area contributed by atoms with Crippen LogP contribution in [0.1, 0.15) is 38.5 Å². The van der Waals surface area contributed by atoms with Crippen molar-refractivity contribution in [2.75, 3.05) is 5.32 Å². The summed E-state index contributed by atoms with van der Waals surface area (Å²) in [5.74, 6) is -0.228. The molecule has 4 rings (SSSR count). The number of fused-ring (bicyclic) bond motifs is 1. The number of hydrogen-bond acceptors (Lipinski definition) is 7. The molecule has 1 aromatic carbocycles. The van der Waals surface area contributed by atoms with Crippen molar-refractivity contribution in [3.05, 3.63) is 63.1 Å². The van der Waals surface area contributed by atoms with E-state index in [0.29, 0.717) is 21.3 Å². The SMILES string of the molecule is CCn1c(C)nc2cc(C(=O)NNC(=O)Cc3csc(NC(=O)c4cccs4)n3)ccc21. The molecular formula is C21H20N6O3S2. The Kier molecular flexibility index (Phi) is 6.28. The Hall–Kier alpha value is -3.57. The summed E-state index contributed by atoms with van der Waals surface area (Å²) in [5.41, 5.74) is 7.37. The Labute approximate surface area is 191 Å². The van der Waals surface area contributed by atoms with Crippen LogP contribution in [0.3, 0.4) is 0 Å². The first-order valence-corrected chi connectivity index (χ1v) is 11.6. The highest BCUT2D eigenvalue weighted by Crippen LogP contribution is 2.19. The lowest BCUT2D eigenvalue weighted by Gasteiger charge is -2.07. The number of nitrogens with one attached hydrogen (secondary N) is 3. The topological polar surface area (TPSA) is 118 Å². The normalized spacial score (nSPS) is 10.8. The zero-order valence-electron chi connectivity index (χ0n) is 17.3. The van der Waals surface area contributed by atoms with Gasteiger partial charge in [-0.3, -0.25) is 30.6 Å². The molecule has 0 radical (unpaired) electrons. The van der Waals surface area contributed by atoms with Gasteiger partial charge in [-0.2, -0.15) is 0 Å². The summed E-state index contributed by atoms with van der Waals surface area (Å²) in [6.45, 7) is 4.74. The largest absolute Gasteiger partial charge is 0.329 e. The van der Waals surface area contributed by atoms with Gasteiger partial charge >= 0.3 is 0 Å². The van der Waals surface area contributed by atoms with E-state index >= 15 is 0 Å². The number of anilines is 1. The van der Waals surface area contributed by atoms with Crippen molar-refractivity contribution < 1.29 is 14.4 Å². The summed E-state index contributed by atoms with van der Waals surface area (Å²) in [6.07, 6.45) is -0.0369. The van der Waals surface area contributed by atoms with E-state index in [0.717, 1.165) is 23.4 Å². The Balaban J connectivity index is 1.31. The van der Waals surface area contributed by atoms with Crippen LogP contribution in [0, 0.1) is 6.92 Å². The summed E-state index contributed by atoms with van der Waals surface area (Å²) in [4.78, 5) is 46.0. The minimum absolute atomic E-state index is 0.0369. The Morgan fingerprint density at radius 1 is 1.06 bits per heavy atom. The monoisotopic (exact) mass is 468 g/mol. The number of aromatic nitrogens is 3. The van der Waals surface area contributed by atoms with E-state index in [1.165, 1.54) is 22.7 Å². The van der Waals surface area contributed by atoms with Crippen LogP contribution in [0.4, 0.5) is 5.13 Å². The second-order valence-corrected chi connectivity index (χ2v) is 8.67. The molecule has 3 amide bonds. The number of aryl methyl sites for hydroxylation is 2. The predicted octanol–water partition coefficient (Wildman–Crippen LogP) is 3.14. The van der Waals surface area contributed by atoms with E-state index in [2.05, 4.69) is 30.7 Å². The molecule has 3 heterocycles. The van der Waals surface area contributed by atoms with Gasteiger partial charge < -0.3 is 4.57 Å². The molecule has 0 spiro atoms. The van der Waals surface area contributed by atoms with Gasteiger partial charge in [-0.1, -0.05) is 6.07 Å². The highest BCUT2D eigenvalue weighted by molar-refractivity contribution is 7.14. The fraction of sp³-hybridized carbons (Fsp3) is 0.190. The molecule has 0 bridgehead atoms. The van der Waals surface area contributed by atoms with E-state index in [1.54, 1.807) is 29.6 Å². The highest BCUT2D eigenvalue weighted by atomic mass is 32.1. The summed E-state index contributed by atoms with van der Waals surface area (Å²) in [7, 11) is 0. The molecule has 0 aliphatic rings. The van der Waals surface area contributed by atoms with Gasteiger partial charge in [-0.25, -0.2) is 9.97 Å². The lowest BCUT2D eigenvalue weighted by molar-refractivity contribution is -0.121. The van der Waals surface area contributed by atoms with Crippen molar-refractivity contribution in [1.29, 1.82) is 0 Å². The molecule has 0 saturated heterocycles. The van der Waals surface area contributed by atoms with Gasteiger partial charge in [0.25, 0.3) is 11.8 Å². The maximum absolute atomic E-state index is 12.4. The smallest absolute Gasteiger partial charge is 0.269 e. The molecule has 0 unspecified atom stereocenters. The number of thiophene rings is 1. The molecule has 3 N–H and O–H groups in total. The first kappa shape index (κ1) is 21.7. The maximum Gasteiger partial charge on any atom is 0.269 e. The number of amides is 3. The summed E-state index contributed by atoms with van der Waals surface area (Å²) in [6, 6.07) is 8.75. The zero-order valence-corrected chi connectivity index (χ0v) is 19.0. The van der Waals surface area contributed by atoms with Gasteiger partial charge in [0.15, 0.2) is 5.13 Å². The number of nitrogens with zero attached hydrogens (tertiary/aromatic N) is 3. The Bertz CT molecular complexity index is 1290. The van der Waals surface area contributed by atoms with E-state index in [4.69, 9.17) is 0 Å². The van der Waals surface area contributed by atoms with Crippen molar-refractivity contribution in [3.8, 4) is 0 Å². The molecule has 9 nitrogen and oxygen atoms in total. The summed E-state index contributed by atoms with van der Waals surface area (Å²) < 4.78 is 2.06. The van der Waals surface area contributed by atoms with E-state index in [1.807, 2.05) is 25.3 Å². The number of benzene rings is 1. The van der Waals surface area contributed by atoms with Crippen molar-refractivity contribution in [2.24, 2.45) is 0 Å². The Morgan fingerprint density at radius 2 is 1.91 bits per heavy atom. The molecule has 0 saturated carbocycles. The van der Waals surface area contributed by atoms with Crippen LogP contribution in [0.2, 0.25) is 0 Å². The molecule has 0 aliphatic heterocycles. The molecule has 0 atom stereocenters. The Morgan fingerprint density at radius 3 is 2.66 bits per heavy atom. The molecule has 11 heteroatoms. The van der Waals surface area contributed by atoms with Crippen LogP contribution in [0.25, 0.3) is 11.0 Å². The third-order valence-electron chi connectivity index (χ3n) is 4.69. The fourth-order valence-corrected chi connectivity index (χ4v) is 4.53. The second-order valence-electron chi connectivity index (χ2n) is 6.86. The quantitative estimate of drug-likeness (QED) is 0.376. The van der Waals surface area contributed by atoms with Gasteiger partial charge in [0.2, 0.25) is 5.91 Å². The lowest BCUT2D eigenvalue weighted by Crippen LogP contribution is -2.42. The number of imidazole rings is 1. The molecule has 4 aromatic rings. The highest BCUT2D eigenvalue weighted by Gasteiger charge is 2.14. The average Bonchev–Trinajstić information content (AvgIpc) is 3.51. The summed E-state index contributed by atoms with van der Waals surface area (Å²) >= 11 is 2.56. The third kappa shape index (κ3) is 4.68. The molecular weight excluding hydrogens is 448 g/mol. The van der Waals surface area contributed by atoms with Gasteiger partial charge in [0, 0.05) is 17.5 Å². The first-order chi connectivity index (χ1) is 15.4. The van der Waals surface area contributed by atoms with Gasteiger partial charge in [0.1, 0.15) is 5.82 Å². The summed E-state index contributed by atoms with van der Waals surface area (Å²) in [5, 5.41) is 6.62. The van der Waals surface area contributed by atoms with Gasteiger partial charge in [-0.15, -0.1) is 22.7 Å². The van der Waals surface area contributed by atoms with Crippen LogP contribution in [0.5, 0.6) is 0 Å². The minimum Gasteiger partial charge on any atom is -0.329 e. The number of carbonyl (C=O) groups is 3. The van der Waals surface area contributed by atoms with Crippen LogP contribution in [-0.4, -0.2) is 32.3 Å². The fourth-order valence-electron chi connectivity index (χ4n) is 3.21. The van der Waals surface area contributed by atoms with Crippen molar-refractivity contribution in [1.82, 2.24) is 25.4 Å². The number of thiazole rings is 1. The van der Waals surface area contributed by atoms with Crippen LogP contribution >= 0.6 is 22.7 Å².